The zero-order chi connectivity index (χ0) is 66.1. The van der Waals surface area contributed by atoms with E-state index in [1.807, 2.05) is 0 Å². The highest BCUT2D eigenvalue weighted by molar-refractivity contribution is 7.47. The van der Waals surface area contributed by atoms with Crippen LogP contribution in [0.2, 0.25) is 0 Å². The number of phosphoric ester groups is 2. The molecule has 0 heterocycles. The molecule has 528 valence electrons. The Balaban J connectivity index is 5.22. The second kappa shape index (κ2) is 59.8. The van der Waals surface area contributed by atoms with Gasteiger partial charge in [0.1, 0.15) is 19.3 Å². The Kier molecular flexibility index (Phi) is 58.5. The average Bonchev–Trinajstić information content (AvgIpc) is 3.62. The highest BCUT2D eigenvalue weighted by Crippen LogP contribution is 2.45. The molecule has 0 fully saturated rings. The Morgan fingerprint density at radius 1 is 0.315 bits per heavy atom. The molecule has 0 saturated carbocycles. The molecule has 17 nitrogen and oxygen atoms in total. The van der Waals surface area contributed by atoms with Crippen molar-refractivity contribution in [3.05, 3.63) is 0 Å². The van der Waals surface area contributed by atoms with Crippen molar-refractivity contribution in [2.24, 2.45) is 23.7 Å². The van der Waals surface area contributed by atoms with Crippen molar-refractivity contribution >= 4 is 39.5 Å². The van der Waals surface area contributed by atoms with E-state index < -0.39 is 97.5 Å². The molecule has 19 heteroatoms. The molecule has 0 spiro atoms. The fourth-order valence-corrected chi connectivity index (χ4v) is 12.0. The van der Waals surface area contributed by atoms with Crippen molar-refractivity contribution in [3.63, 3.8) is 0 Å². The highest BCUT2D eigenvalue weighted by Gasteiger charge is 2.30. The number of rotatable bonds is 67. The summed E-state index contributed by atoms with van der Waals surface area (Å²) in [7, 11) is -9.90. The lowest BCUT2D eigenvalue weighted by molar-refractivity contribution is -0.161. The first-order valence-corrected chi connectivity index (χ1v) is 39.2. The lowest BCUT2D eigenvalue weighted by Gasteiger charge is -2.21. The largest absolute Gasteiger partial charge is 0.472 e. The first-order chi connectivity index (χ1) is 42.6. The molecule has 6 atom stereocenters. The minimum absolute atomic E-state index is 0.103. The van der Waals surface area contributed by atoms with Crippen molar-refractivity contribution in [2.45, 2.75) is 363 Å². The number of carbonyl (C=O) groups excluding carboxylic acids is 4. The molecule has 0 aromatic rings. The highest BCUT2D eigenvalue weighted by atomic mass is 31.2. The first kappa shape index (κ1) is 87.1. The Hall–Kier alpha value is -1.94. The molecule has 0 rings (SSSR count). The maximum Gasteiger partial charge on any atom is 0.472 e. The van der Waals surface area contributed by atoms with Crippen molar-refractivity contribution < 1.29 is 80.2 Å². The monoisotopic (exact) mass is 1310 g/mol. The third-order valence-electron chi connectivity index (χ3n) is 16.4. The summed E-state index contributed by atoms with van der Waals surface area (Å²) < 4.78 is 68.2. The van der Waals surface area contributed by atoms with Gasteiger partial charge in [0.25, 0.3) is 0 Å². The molecule has 4 unspecified atom stereocenters. The zero-order valence-electron chi connectivity index (χ0n) is 58.1. The lowest BCUT2D eigenvalue weighted by atomic mass is 10.00. The Bertz CT molecular complexity index is 1770. The maximum atomic E-state index is 13.0. The van der Waals surface area contributed by atoms with Crippen LogP contribution in [0.25, 0.3) is 0 Å². The van der Waals surface area contributed by atoms with Crippen molar-refractivity contribution in [1.82, 2.24) is 0 Å². The van der Waals surface area contributed by atoms with E-state index in [2.05, 4.69) is 55.4 Å². The SMILES string of the molecule is CCC(C)CCCCCCCCC(=O)OC[C@H](COP(=O)(O)OCC(O)COP(=O)(O)OC[C@@H](COC(=O)CCCCCCCCCC(C)C)OC(=O)CCCCCCCCCCCCCCCCCC(C)C)OC(=O)CCCCCCCCCCC(C)C. The fraction of sp³-hybridized carbons (Fsp3) is 0.943. The first-order valence-electron chi connectivity index (χ1n) is 36.2. The molecule has 3 N–H and O–H groups in total. The van der Waals surface area contributed by atoms with Crippen LogP contribution in [0.15, 0.2) is 0 Å². The summed E-state index contributed by atoms with van der Waals surface area (Å²) in [6.45, 7) is 14.0. The van der Waals surface area contributed by atoms with Crippen LogP contribution < -0.4 is 0 Å². The van der Waals surface area contributed by atoms with E-state index in [1.54, 1.807) is 0 Å². The summed E-state index contributed by atoms with van der Waals surface area (Å²) in [6.07, 6.45) is 41.9. The summed E-state index contributed by atoms with van der Waals surface area (Å²) in [5.74, 6) is 0.824. The number of aliphatic hydroxyl groups is 1. The van der Waals surface area contributed by atoms with Gasteiger partial charge < -0.3 is 33.8 Å². The molecule has 0 aliphatic heterocycles. The van der Waals surface area contributed by atoms with E-state index in [1.165, 1.54) is 135 Å². The van der Waals surface area contributed by atoms with Gasteiger partial charge in [0.05, 0.1) is 26.4 Å². The number of esters is 4. The molecular weight excluding hydrogens is 1170 g/mol. The molecule has 0 aliphatic carbocycles. The minimum Gasteiger partial charge on any atom is -0.462 e. The molecule has 0 radical (unpaired) electrons. The van der Waals surface area contributed by atoms with E-state index in [-0.39, 0.29) is 25.7 Å². The van der Waals surface area contributed by atoms with Crippen LogP contribution in [0.5, 0.6) is 0 Å². The quantitative estimate of drug-likeness (QED) is 0.0222. The normalized spacial score (nSPS) is 14.6. The van der Waals surface area contributed by atoms with E-state index in [0.29, 0.717) is 31.6 Å². The molecule has 0 aromatic heterocycles. The Morgan fingerprint density at radius 3 is 0.798 bits per heavy atom. The number of phosphoric acid groups is 2. The summed E-state index contributed by atoms with van der Waals surface area (Å²) in [6, 6.07) is 0. The summed E-state index contributed by atoms with van der Waals surface area (Å²) in [5.41, 5.74) is 0. The van der Waals surface area contributed by atoms with Gasteiger partial charge in [-0.1, -0.05) is 293 Å². The molecule has 0 amide bonds. The maximum absolute atomic E-state index is 13.0. The predicted octanol–water partition coefficient (Wildman–Crippen LogP) is 19.7. The summed E-state index contributed by atoms with van der Waals surface area (Å²) in [4.78, 5) is 72.5. The predicted molar refractivity (Wildman–Crippen MR) is 358 cm³/mol. The van der Waals surface area contributed by atoms with Gasteiger partial charge in [0.15, 0.2) is 12.2 Å². The van der Waals surface area contributed by atoms with Gasteiger partial charge in [0, 0.05) is 25.7 Å². The summed E-state index contributed by atoms with van der Waals surface area (Å²) in [5, 5.41) is 10.6. The van der Waals surface area contributed by atoms with Gasteiger partial charge in [-0.2, -0.15) is 0 Å². The van der Waals surface area contributed by atoms with Gasteiger partial charge >= 0.3 is 39.5 Å². The number of unbranched alkanes of at least 4 members (excludes halogenated alkanes) is 32. The zero-order valence-corrected chi connectivity index (χ0v) is 59.8. The second-order valence-corrected chi connectivity index (χ2v) is 29.8. The van der Waals surface area contributed by atoms with E-state index in [4.69, 9.17) is 37.0 Å². The number of hydrogen-bond donors (Lipinski definition) is 3. The van der Waals surface area contributed by atoms with Crippen molar-refractivity contribution in [3.8, 4) is 0 Å². The molecule has 0 saturated heterocycles. The number of ether oxygens (including phenoxy) is 4. The van der Waals surface area contributed by atoms with Gasteiger partial charge in [-0.05, 0) is 49.4 Å². The van der Waals surface area contributed by atoms with E-state index in [0.717, 1.165) is 120 Å². The third-order valence-corrected chi connectivity index (χ3v) is 18.3. The topological polar surface area (TPSA) is 237 Å². The molecular formula is C70H136O17P2. The molecule has 0 aromatic carbocycles. The number of carbonyl (C=O) groups is 4. The van der Waals surface area contributed by atoms with Gasteiger partial charge in [0.2, 0.25) is 0 Å². The van der Waals surface area contributed by atoms with Gasteiger partial charge in [-0.25, -0.2) is 9.13 Å². The number of aliphatic hydroxyl groups excluding tert-OH is 1. The van der Waals surface area contributed by atoms with Crippen LogP contribution in [0.3, 0.4) is 0 Å². The smallest absolute Gasteiger partial charge is 0.462 e. The lowest BCUT2D eigenvalue weighted by Crippen LogP contribution is -2.30. The van der Waals surface area contributed by atoms with Gasteiger partial charge in [-0.15, -0.1) is 0 Å². The van der Waals surface area contributed by atoms with E-state index >= 15 is 0 Å². The third kappa shape index (κ3) is 63.2. The van der Waals surface area contributed by atoms with Crippen LogP contribution in [-0.4, -0.2) is 96.7 Å². The van der Waals surface area contributed by atoms with Gasteiger partial charge in [-0.3, -0.25) is 37.3 Å². The van der Waals surface area contributed by atoms with Crippen LogP contribution in [0, 0.1) is 23.7 Å². The molecule has 0 bridgehead atoms. The standard InChI is InChI=1S/C70H136O17P2/c1-9-63(8)49-41-33-28-29-35-43-51-68(73)81-57-66(87-70(75)53-45-37-26-20-19-23-31-39-47-61(4)5)59-85-89(78,79)83-55-64(71)54-82-88(76,77)84-58-65(56-80-67(72)50-42-34-27-21-24-32-40-48-62(6)7)86-69(74)52-44-36-25-18-16-14-12-10-11-13-15-17-22-30-38-46-60(2)3/h60-66,71H,9-59H2,1-8H3,(H,76,77)(H,78,79)/t63?,64?,65-,66-/m1/s1. The van der Waals surface area contributed by atoms with E-state index in [9.17, 15) is 43.2 Å². The molecule has 0 aliphatic rings. The minimum atomic E-state index is -4.95. The molecule has 89 heavy (non-hydrogen) atoms. The van der Waals surface area contributed by atoms with Crippen LogP contribution in [0.1, 0.15) is 344 Å². The summed E-state index contributed by atoms with van der Waals surface area (Å²) >= 11 is 0. The Labute approximate surface area is 543 Å². The number of hydrogen-bond acceptors (Lipinski definition) is 15. The van der Waals surface area contributed by atoms with Crippen LogP contribution >= 0.6 is 15.6 Å². The average molecular weight is 1310 g/mol. The second-order valence-electron chi connectivity index (χ2n) is 26.9. The Morgan fingerprint density at radius 2 is 0.539 bits per heavy atom. The van der Waals surface area contributed by atoms with Crippen LogP contribution in [-0.2, 0) is 65.4 Å². The van der Waals surface area contributed by atoms with Crippen LogP contribution in [0.4, 0.5) is 0 Å². The van der Waals surface area contributed by atoms with Crippen molar-refractivity contribution in [1.29, 1.82) is 0 Å². The fourth-order valence-electron chi connectivity index (χ4n) is 10.5. The van der Waals surface area contributed by atoms with Crippen molar-refractivity contribution in [2.75, 3.05) is 39.6 Å².